The first-order valence-electron chi connectivity index (χ1n) is 3.42. The van der Waals surface area contributed by atoms with Gasteiger partial charge in [-0.05, 0) is 0 Å². The molecule has 6 heteroatoms. The van der Waals surface area contributed by atoms with Crippen LogP contribution in [0.3, 0.4) is 0 Å². The van der Waals surface area contributed by atoms with Crippen molar-refractivity contribution in [3.63, 3.8) is 0 Å². The molecule has 0 aliphatic heterocycles. The van der Waals surface area contributed by atoms with E-state index in [2.05, 4.69) is 4.98 Å². The molecule has 0 aliphatic carbocycles. The van der Waals surface area contributed by atoms with Gasteiger partial charge in [0.15, 0.2) is 0 Å². The Hall–Kier alpha value is -1.10. The number of rotatable bonds is 2. The molecule has 0 unspecified atom stereocenters. The van der Waals surface area contributed by atoms with Gasteiger partial charge < -0.3 is 10.7 Å². The predicted molar refractivity (Wildman–Crippen MR) is 46.0 cm³/mol. The van der Waals surface area contributed by atoms with Crippen LogP contribution in [-0.4, -0.2) is 4.98 Å². The van der Waals surface area contributed by atoms with E-state index in [0.29, 0.717) is 0 Å². The van der Waals surface area contributed by atoms with Crippen LogP contribution >= 0.6 is 11.6 Å². The summed E-state index contributed by atoms with van der Waals surface area (Å²) in [5, 5.41) is 0. The van der Waals surface area contributed by atoms with E-state index in [9.17, 15) is 13.6 Å². The zero-order chi connectivity index (χ0) is 10.0. The lowest BCUT2D eigenvalue weighted by atomic mass is 10.1. The average molecular weight is 209 g/mol. The zero-order valence-electron chi connectivity index (χ0n) is 6.48. The molecule has 0 saturated heterocycles. The average Bonchev–Trinajstić information content (AvgIpc) is 2.07. The maximum absolute atomic E-state index is 12.3. The van der Waals surface area contributed by atoms with E-state index >= 15 is 0 Å². The van der Waals surface area contributed by atoms with Crippen LogP contribution in [0.2, 0.25) is 0 Å². The molecule has 1 heterocycles. The summed E-state index contributed by atoms with van der Waals surface area (Å²) in [6.07, 6.45) is -1.70. The third-order valence-electron chi connectivity index (χ3n) is 1.63. The fourth-order valence-corrected chi connectivity index (χ4v) is 1.28. The van der Waals surface area contributed by atoms with Crippen molar-refractivity contribution >= 4 is 17.3 Å². The van der Waals surface area contributed by atoms with E-state index in [1.807, 2.05) is 0 Å². The molecule has 0 aromatic carbocycles. The first-order chi connectivity index (χ1) is 6.07. The lowest BCUT2D eigenvalue weighted by Gasteiger charge is -2.06. The summed E-state index contributed by atoms with van der Waals surface area (Å²) in [5.74, 6) is -0.199. The van der Waals surface area contributed by atoms with Crippen molar-refractivity contribution in [2.45, 2.75) is 12.3 Å². The van der Waals surface area contributed by atoms with Crippen molar-refractivity contribution in [2.75, 3.05) is 5.73 Å². The molecule has 13 heavy (non-hydrogen) atoms. The largest absolute Gasteiger partial charge is 0.397 e. The van der Waals surface area contributed by atoms with Gasteiger partial charge in [0.1, 0.15) is 0 Å². The van der Waals surface area contributed by atoms with E-state index in [1.165, 1.54) is 0 Å². The molecule has 1 rings (SSSR count). The van der Waals surface area contributed by atoms with Crippen LogP contribution in [0, 0.1) is 0 Å². The second-order valence-corrected chi connectivity index (χ2v) is 2.67. The van der Waals surface area contributed by atoms with E-state index in [1.54, 1.807) is 0 Å². The van der Waals surface area contributed by atoms with Crippen LogP contribution < -0.4 is 11.3 Å². The molecule has 3 N–H and O–H groups in total. The van der Waals surface area contributed by atoms with Gasteiger partial charge in [-0.15, -0.1) is 11.6 Å². The van der Waals surface area contributed by atoms with E-state index in [-0.39, 0.29) is 17.1 Å². The summed E-state index contributed by atoms with van der Waals surface area (Å²) in [5.41, 5.74) is 3.93. The number of H-pyrrole nitrogens is 1. The minimum Gasteiger partial charge on any atom is -0.397 e. The van der Waals surface area contributed by atoms with Crippen molar-refractivity contribution in [1.82, 2.24) is 4.98 Å². The number of hydrogen-bond donors (Lipinski definition) is 2. The molecule has 1 aromatic heterocycles. The third-order valence-corrected chi connectivity index (χ3v) is 1.90. The minimum absolute atomic E-state index is 0.000386. The van der Waals surface area contributed by atoms with Crippen LogP contribution in [0.15, 0.2) is 11.0 Å². The highest BCUT2D eigenvalue weighted by Crippen LogP contribution is 2.24. The zero-order valence-corrected chi connectivity index (χ0v) is 7.24. The van der Waals surface area contributed by atoms with Gasteiger partial charge in [-0.25, -0.2) is 8.78 Å². The number of pyridine rings is 1. The summed E-state index contributed by atoms with van der Waals surface area (Å²) in [6.45, 7) is 0. The summed E-state index contributed by atoms with van der Waals surface area (Å²) in [7, 11) is 0. The van der Waals surface area contributed by atoms with Crippen molar-refractivity contribution in [1.29, 1.82) is 0 Å². The molecule has 0 aliphatic rings. The summed E-state index contributed by atoms with van der Waals surface area (Å²) >= 11 is 5.39. The van der Waals surface area contributed by atoms with Crippen LogP contribution in [0.1, 0.15) is 17.6 Å². The number of alkyl halides is 3. The van der Waals surface area contributed by atoms with Crippen LogP contribution in [0.4, 0.5) is 14.5 Å². The highest BCUT2D eigenvalue weighted by atomic mass is 35.5. The summed E-state index contributed by atoms with van der Waals surface area (Å²) in [4.78, 5) is 13.0. The Bertz CT molecular complexity index is 364. The topological polar surface area (TPSA) is 58.9 Å². The third kappa shape index (κ3) is 1.80. The lowest BCUT2D eigenvalue weighted by Crippen LogP contribution is -2.17. The minimum atomic E-state index is -2.86. The van der Waals surface area contributed by atoms with Crippen molar-refractivity contribution in [2.24, 2.45) is 0 Å². The lowest BCUT2D eigenvalue weighted by molar-refractivity contribution is 0.149. The second-order valence-electron chi connectivity index (χ2n) is 2.40. The van der Waals surface area contributed by atoms with E-state index in [0.717, 1.165) is 6.20 Å². The number of anilines is 1. The predicted octanol–water partition coefficient (Wildman–Crippen LogP) is 1.63. The normalized spacial score (nSPS) is 10.8. The summed E-state index contributed by atoms with van der Waals surface area (Å²) in [6, 6.07) is 0. The van der Waals surface area contributed by atoms with Gasteiger partial charge in [-0.1, -0.05) is 0 Å². The van der Waals surface area contributed by atoms with E-state index < -0.39 is 17.5 Å². The van der Waals surface area contributed by atoms with Crippen LogP contribution in [0.5, 0.6) is 0 Å². The molecule has 0 bridgehead atoms. The molecule has 0 fully saturated rings. The van der Waals surface area contributed by atoms with Crippen LogP contribution in [0.25, 0.3) is 0 Å². The monoisotopic (exact) mass is 208 g/mol. The number of nitrogen functional groups attached to an aromatic ring is 1. The number of hydrogen-bond acceptors (Lipinski definition) is 2. The van der Waals surface area contributed by atoms with Gasteiger partial charge in [0.25, 0.3) is 12.0 Å². The highest BCUT2D eigenvalue weighted by molar-refractivity contribution is 6.17. The Kier molecular flexibility index (Phi) is 2.87. The standard InChI is InChI=1S/C7H7ClF2N2O/c8-1-3-4(11)2-12-7(13)5(3)6(9)10/h2,6H,1,11H2,(H,12,13). The molecular weight excluding hydrogens is 202 g/mol. The second kappa shape index (κ2) is 3.74. The Morgan fingerprint density at radius 3 is 2.62 bits per heavy atom. The van der Waals surface area contributed by atoms with E-state index in [4.69, 9.17) is 17.3 Å². The molecule has 72 valence electrons. The van der Waals surface area contributed by atoms with Crippen molar-refractivity contribution < 1.29 is 8.78 Å². The fraction of sp³-hybridized carbons (Fsp3) is 0.286. The molecule has 0 amide bonds. The molecule has 1 aromatic rings. The molecule has 0 spiro atoms. The highest BCUT2D eigenvalue weighted by Gasteiger charge is 2.18. The van der Waals surface area contributed by atoms with Crippen LogP contribution in [-0.2, 0) is 5.88 Å². The Labute approximate surface area is 77.5 Å². The van der Waals surface area contributed by atoms with Crippen molar-refractivity contribution in [3.8, 4) is 0 Å². The summed E-state index contributed by atoms with van der Waals surface area (Å²) < 4.78 is 24.6. The first kappa shape index (κ1) is 9.98. The number of aromatic amines is 1. The van der Waals surface area contributed by atoms with Gasteiger partial charge in [0.2, 0.25) is 0 Å². The number of halogens is 3. The smallest absolute Gasteiger partial charge is 0.269 e. The molecule has 0 saturated carbocycles. The van der Waals surface area contributed by atoms with Gasteiger partial charge in [-0.2, -0.15) is 0 Å². The molecule has 0 atom stereocenters. The van der Waals surface area contributed by atoms with Gasteiger partial charge in [0.05, 0.1) is 17.1 Å². The molecule has 3 nitrogen and oxygen atoms in total. The maximum atomic E-state index is 12.3. The van der Waals surface area contributed by atoms with Crippen molar-refractivity contribution in [3.05, 3.63) is 27.7 Å². The Morgan fingerprint density at radius 2 is 2.23 bits per heavy atom. The Morgan fingerprint density at radius 1 is 1.62 bits per heavy atom. The SMILES string of the molecule is Nc1c[nH]c(=O)c(C(F)F)c1CCl. The van der Waals surface area contributed by atoms with Gasteiger partial charge in [-0.3, -0.25) is 4.79 Å². The molecular formula is C7H7ClF2N2O. The maximum Gasteiger partial charge on any atom is 0.269 e. The van der Waals surface area contributed by atoms with Gasteiger partial charge in [0, 0.05) is 11.8 Å². The number of nitrogens with one attached hydrogen (secondary N) is 1. The number of aromatic nitrogens is 1. The Balaban J connectivity index is 3.44. The quantitative estimate of drug-likeness (QED) is 0.726. The number of nitrogens with two attached hydrogens (primary N) is 1. The fourth-order valence-electron chi connectivity index (χ4n) is 0.981. The van der Waals surface area contributed by atoms with Gasteiger partial charge >= 0.3 is 0 Å². The first-order valence-corrected chi connectivity index (χ1v) is 3.95. The molecule has 0 radical (unpaired) electrons.